The van der Waals surface area contributed by atoms with Gasteiger partial charge in [0.2, 0.25) is 0 Å². The summed E-state index contributed by atoms with van der Waals surface area (Å²) in [4.78, 5) is 0. The van der Waals surface area contributed by atoms with Crippen LogP contribution in [-0.4, -0.2) is 24.4 Å². The fourth-order valence-corrected chi connectivity index (χ4v) is 6.40. The maximum atomic E-state index is 5.78. The zero-order valence-corrected chi connectivity index (χ0v) is 10.8. The van der Waals surface area contributed by atoms with E-state index < -0.39 is 6.46 Å². The number of alkyl halides is 1. The minimum Gasteiger partial charge on any atom is -0.556 e. The number of halogens is 1. The summed E-state index contributed by atoms with van der Waals surface area (Å²) in [5.41, 5.74) is 0. The molecule has 0 N–H and O–H groups in total. The third-order valence-electron chi connectivity index (χ3n) is 2.83. The number of unbranched alkanes of at least 4 members (excludes halogenated alkanes) is 2. The van der Waals surface area contributed by atoms with Crippen molar-refractivity contribution < 1.29 is 0 Å². The molecule has 1 aliphatic rings. The van der Waals surface area contributed by atoms with Crippen LogP contribution in [0.5, 0.6) is 0 Å². The van der Waals surface area contributed by atoms with Crippen LogP contribution in [-0.2, 0) is 12.2 Å². The Morgan fingerprint density at radius 1 is 1.00 bits per heavy atom. The fraction of sp³-hybridized carbons (Fsp3) is 1.00. The monoisotopic (exact) mass is 238 g/mol. The average molecular weight is 239 g/mol. The molecule has 0 aliphatic carbocycles. The van der Waals surface area contributed by atoms with Gasteiger partial charge < -0.3 is 12.2 Å². The molecular formula is C10H20ClPS. The van der Waals surface area contributed by atoms with Gasteiger partial charge in [0.1, 0.15) is 0 Å². The maximum Gasteiger partial charge on any atom is 0.0399 e. The van der Waals surface area contributed by atoms with E-state index in [0.29, 0.717) is 0 Å². The Hall–Kier alpha value is 1.07. The van der Waals surface area contributed by atoms with Gasteiger partial charge >= 0.3 is 0 Å². The average Bonchev–Trinajstić information content (AvgIpc) is 2.14. The smallest absolute Gasteiger partial charge is 0.0399 e. The molecule has 78 valence electrons. The lowest BCUT2D eigenvalue weighted by molar-refractivity contribution is 0.735. The summed E-state index contributed by atoms with van der Waals surface area (Å²) in [6.07, 6.45) is 12.2. The molecule has 1 rings (SSSR count). The predicted octanol–water partition coefficient (Wildman–Crippen LogP) is 4.06. The molecule has 0 unspecified atom stereocenters. The molecule has 3 heteroatoms. The molecule has 0 aromatic rings. The van der Waals surface area contributed by atoms with Gasteiger partial charge in [0.15, 0.2) is 0 Å². The van der Waals surface area contributed by atoms with Crippen molar-refractivity contribution in [1.82, 2.24) is 0 Å². The quantitative estimate of drug-likeness (QED) is 0.301. The van der Waals surface area contributed by atoms with E-state index in [2.05, 4.69) is 0 Å². The maximum absolute atomic E-state index is 5.78. The van der Waals surface area contributed by atoms with Crippen LogP contribution in [0.1, 0.15) is 38.5 Å². The number of hydrogen-bond acceptors (Lipinski definition) is 1. The molecule has 1 heterocycles. The highest BCUT2D eigenvalue weighted by molar-refractivity contribution is 8.42. The first kappa shape index (κ1) is 12.1. The van der Waals surface area contributed by atoms with Crippen molar-refractivity contribution in [2.75, 3.05) is 24.4 Å². The third-order valence-corrected chi connectivity index (χ3v) is 8.13. The van der Waals surface area contributed by atoms with Crippen LogP contribution in [0.15, 0.2) is 0 Å². The van der Waals surface area contributed by atoms with E-state index >= 15 is 0 Å². The molecular weight excluding hydrogens is 219 g/mol. The zero-order chi connectivity index (χ0) is 9.57. The summed E-state index contributed by atoms with van der Waals surface area (Å²) in [6, 6.07) is 0. The van der Waals surface area contributed by atoms with E-state index in [1.807, 2.05) is 0 Å². The van der Waals surface area contributed by atoms with Crippen molar-refractivity contribution in [3.8, 4) is 0 Å². The van der Waals surface area contributed by atoms with Gasteiger partial charge in [-0.15, -0.1) is 18.1 Å². The molecule has 0 amide bonds. The summed E-state index contributed by atoms with van der Waals surface area (Å²) in [5.74, 6) is 0.822. The molecule has 1 aliphatic heterocycles. The molecule has 13 heavy (non-hydrogen) atoms. The number of hydrogen-bond donors (Lipinski definition) is 0. The van der Waals surface area contributed by atoms with Gasteiger partial charge in [0.25, 0.3) is 0 Å². The van der Waals surface area contributed by atoms with Crippen molar-refractivity contribution in [1.29, 1.82) is 0 Å². The molecule has 0 radical (unpaired) electrons. The fourth-order valence-electron chi connectivity index (χ4n) is 1.98. The summed E-state index contributed by atoms with van der Waals surface area (Å²) in [6.45, 7) is -0.863. The first-order valence-electron chi connectivity index (χ1n) is 5.40. The van der Waals surface area contributed by atoms with Crippen LogP contribution >= 0.6 is 18.1 Å². The Balaban J connectivity index is 2.10. The molecule has 0 spiro atoms. The summed E-state index contributed by atoms with van der Waals surface area (Å²) < 4.78 is 0. The summed E-state index contributed by atoms with van der Waals surface area (Å²) in [7, 11) is 0. The van der Waals surface area contributed by atoms with Crippen LogP contribution in [0.2, 0.25) is 0 Å². The van der Waals surface area contributed by atoms with Gasteiger partial charge in [0.05, 0.1) is 0 Å². The minimum absolute atomic E-state index is 0.822. The first-order chi connectivity index (χ1) is 6.27. The lowest BCUT2D eigenvalue weighted by Crippen LogP contribution is -2.10. The zero-order valence-electron chi connectivity index (χ0n) is 8.30. The van der Waals surface area contributed by atoms with Crippen molar-refractivity contribution in [2.45, 2.75) is 38.5 Å². The molecule has 1 saturated heterocycles. The Kier molecular flexibility index (Phi) is 6.10. The van der Waals surface area contributed by atoms with Crippen LogP contribution in [0.25, 0.3) is 0 Å². The van der Waals surface area contributed by atoms with Gasteiger partial charge in [-0.1, -0.05) is 0 Å². The molecule has 0 saturated carbocycles. The van der Waals surface area contributed by atoms with Crippen LogP contribution in [0, 0.1) is 0 Å². The highest BCUT2D eigenvalue weighted by atomic mass is 35.5. The second kappa shape index (κ2) is 6.53. The molecule has 0 aromatic carbocycles. The topological polar surface area (TPSA) is 0 Å². The Morgan fingerprint density at radius 3 is 2.31 bits per heavy atom. The molecule has 1 fully saturated rings. The second-order valence-corrected chi connectivity index (χ2v) is 10.2. The standard InChI is InChI=1S/C10H20ClPS/c11-7-3-1-4-8-12(13)9-5-2-6-10-12/h1-10H2. The summed E-state index contributed by atoms with van der Waals surface area (Å²) in [5, 5.41) is 0. The van der Waals surface area contributed by atoms with Crippen molar-refractivity contribution in [3.05, 3.63) is 0 Å². The molecule has 0 bridgehead atoms. The van der Waals surface area contributed by atoms with Crippen LogP contribution < -0.4 is 0 Å². The van der Waals surface area contributed by atoms with Gasteiger partial charge in [-0.05, 0) is 38.5 Å². The highest BCUT2D eigenvalue weighted by Gasteiger charge is 2.24. The van der Waals surface area contributed by atoms with Gasteiger partial charge in [0, 0.05) is 24.4 Å². The lowest BCUT2D eigenvalue weighted by Gasteiger charge is -2.36. The van der Waals surface area contributed by atoms with E-state index in [1.165, 1.54) is 57.0 Å². The minimum atomic E-state index is -0.863. The van der Waals surface area contributed by atoms with E-state index in [-0.39, 0.29) is 0 Å². The molecule has 0 atom stereocenters. The van der Waals surface area contributed by atoms with E-state index in [0.717, 1.165) is 5.88 Å². The van der Waals surface area contributed by atoms with Crippen molar-refractivity contribution in [3.63, 3.8) is 0 Å². The largest absolute Gasteiger partial charge is 0.556 e. The van der Waals surface area contributed by atoms with Crippen molar-refractivity contribution >= 4 is 30.3 Å². The van der Waals surface area contributed by atoms with Crippen LogP contribution in [0.4, 0.5) is 0 Å². The van der Waals surface area contributed by atoms with Gasteiger partial charge in [-0.2, -0.15) is 0 Å². The van der Waals surface area contributed by atoms with E-state index in [9.17, 15) is 0 Å². The second-order valence-electron chi connectivity index (χ2n) is 4.04. The molecule has 0 nitrogen and oxygen atoms in total. The third kappa shape index (κ3) is 4.91. The SMILES string of the molecule is [S-][P+]1(CCCCCCl)CCCCC1. The van der Waals surface area contributed by atoms with Crippen LogP contribution in [0.3, 0.4) is 0 Å². The van der Waals surface area contributed by atoms with Gasteiger partial charge in [-0.3, -0.25) is 0 Å². The lowest BCUT2D eigenvalue weighted by atomic mass is 10.3. The highest BCUT2D eigenvalue weighted by Crippen LogP contribution is 2.60. The first-order valence-corrected chi connectivity index (χ1v) is 9.29. The molecule has 0 aromatic heterocycles. The Labute approximate surface area is 93.3 Å². The summed E-state index contributed by atoms with van der Waals surface area (Å²) >= 11 is 11.4. The van der Waals surface area contributed by atoms with E-state index in [4.69, 9.17) is 23.8 Å². The van der Waals surface area contributed by atoms with Gasteiger partial charge in [-0.25, -0.2) is 0 Å². The Bertz CT molecular complexity index is 135. The Morgan fingerprint density at radius 2 is 1.69 bits per heavy atom. The normalized spacial score (nSPS) is 21.7. The number of rotatable bonds is 5. The predicted molar refractivity (Wildman–Crippen MR) is 67.3 cm³/mol. The van der Waals surface area contributed by atoms with Crippen molar-refractivity contribution in [2.24, 2.45) is 0 Å². The van der Waals surface area contributed by atoms with E-state index in [1.54, 1.807) is 0 Å².